The number of carbonyl (C=O) groups excluding carboxylic acids is 1. The van der Waals surface area contributed by atoms with E-state index in [2.05, 4.69) is 10.3 Å². The molecule has 1 atom stereocenters. The van der Waals surface area contributed by atoms with Crippen LogP contribution < -0.4 is 5.32 Å². The highest BCUT2D eigenvalue weighted by Crippen LogP contribution is 2.33. The van der Waals surface area contributed by atoms with Gasteiger partial charge < -0.3 is 10.4 Å². The molecule has 1 amide bonds. The predicted octanol–water partition coefficient (Wildman–Crippen LogP) is 3.26. The maximum absolute atomic E-state index is 14.3. The summed E-state index contributed by atoms with van der Waals surface area (Å²) in [4.78, 5) is 16.4. The van der Waals surface area contributed by atoms with Crippen LogP contribution in [0, 0.1) is 11.6 Å². The lowest BCUT2D eigenvalue weighted by Crippen LogP contribution is -2.37. The number of pyridine rings is 1. The monoisotopic (exact) mass is 346 g/mol. The third-order valence-electron chi connectivity index (χ3n) is 4.64. The first-order valence-corrected chi connectivity index (χ1v) is 8.33. The Morgan fingerprint density at radius 1 is 1.20 bits per heavy atom. The van der Waals surface area contributed by atoms with Crippen molar-refractivity contribution in [3.8, 4) is 0 Å². The van der Waals surface area contributed by atoms with Crippen LogP contribution in [0.5, 0.6) is 0 Å². The molecule has 2 aromatic rings. The van der Waals surface area contributed by atoms with Gasteiger partial charge in [0.2, 0.25) is 5.91 Å². The molecule has 3 rings (SSSR count). The smallest absolute Gasteiger partial charge is 0.223 e. The van der Waals surface area contributed by atoms with Crippen molar-refractivity contribution in [2.45, 2.75) is 43.7 Å². The number of nitrogens with zero attached hydrogens (tertiary/aromatic N) is 1. The van der Waals surface area contributed by atoms with E-state index >= 15 is 0 Å². The molecule has 0 radical (unpaired) electrons. The van der Waals surface area contributed by atoms with Crippen molar-refractivity contribution >= 4 is 5.91 Å². The molecule has 0 saturated heterocycles. The van der Waals surface area contributed by atoms with E-state index in [-0.39, 0.29) is 12.0 Å². The molecular weight excluding hydrogens is 326 g/mol. The largest absolute Gasteiger partial charge is 0.389 e. The molecule has 0 spiro atoms. The van der Waals surface area contributed by atoms with Gasteiger partial charge in [-0.05, 0) is 48.7 Å². The maximum Gasteiger partial charge on any atom is 0.223 e. The summed E-state index contributed by atoms with van der Waals surface area (Å²) in [6.45, 7) is 0. The first kappa shape index (κ1) is 17.5. The highest BCUT2D eigenvalue weighted by Gasteiger charge is 2.34. The Labute approximate surface area is 144 Å². The van der Waals surface area contributed by atoms with Gasteiger partial charge in [-0.25, -0.2) is 8.78 Å². The zero-order chi connectivity index (χ0) is 17.9. The number of nitrogens with one attached hydrogen (secondary N) is 1. The number of benzene rings is 1. The fourth-order valence-corrected chi connectivity index (χ4v) is 3.35. The van der Waals surface area contributed by atoms with Crippen molar-refractivity contribution in [2.24, 2.45) is 0 Å². The number of rotatable bonds is 5. The third kappa shape index (κ3) is 4.20. The molecule has 0 aliphatic heterocycles. The number of aromatic nitrogens is 1. The molecule has 1 aliphatic carbocycles. The number of amides is 1. The summed E-state index contributed by atoms with van der Waals surface area (Å²) in [7, 11) is 0. The number of halogens is 2. The first-order valence-electron chi connectivity index (χ1n) is 8.33. The van der Waals surface area contributed by atoms with Gasteiger partial charge in [-0.2, -0.15) is 0 Å². The van der Waals surface area contributed by atoms with E-state index in [0.29, 0.717) is 18.4 Å². The molecule has 2 N–H and O–H groups in total. The molecule has 1 aliphatic rings. The number of carbonyl (C=O) groups is 1. The average molecular weight is 346 g/mol. The van der Waals surface area contributed by atoms with E-state index in [9.17, 15) is 18.7 Å². The fraction of sp³-hybridized carbons (Fsp3) is 0.368. The van der Waals surface area contributed by atoms with E-state index in [0.717, 1.165) is 31.0 Å². The van der Waals surface area contributed by atoms with E-state index in [1.807, 2.05) is 0 Å². The topological polar surface area (TPSA) is 62.2 Å². The van der Waals surface area contributed by atoms with Crippen molar-refractivity contribution in [1.82, 2.24) is 10.3 Å². The van der Waals surface area contributed by atoms with Crippen LogP contribution in [0.25, 0.3) is 0 Å². The highest BCUT2D eigenvalue weighted by molar-refractivity contribution is 5.78. The second kappa shape index (κ2) is 7.27. The number of hydrogen-bond donors (Lipinski definition) is 2. The number of aliphatic hydroxyl groups is 1. The minimum Gasteiger partial charge on any atom is -0.389 e. The van der Waals surface area contributed by atoms with Crippen molar-refractivity contribution < 1.29 is 18.7 Å². The molecule has 0 bridgehead atoms. The third-order valence-corrected chi connectivity index (χ3v) is 4.64. The zero-order valence-corrected chi connectivity index (χ0v) is 13.7. The van der Waals surface area contributed by atoms with Crippen LogP contribution in [0.1, 0.15) is 49.3 Å². The summed E-state index contributed by atoms with van der Waals surface area (Å²) < 4.78 is 27.9. The summed E-state index contributed by atoms with van der Waals surface area (Å²) in [5.74, 6) is -1.59. The summed E-state index contributed by atoms with van der Waals surface area (Å²) in [5.41, 5.74) is -0.378. The molecule has 4 nitrogen and oxygen atoms in total. The summed E-state index contributed by atoms with van der Waals surface area (Å²) in [6, 6.07) is 5.57. The van der Waals surface area contributed by atoms with E-state index in [4.69, 9.17) is 0 Å². The van der Waals surface area contributed by atoms with Crippen LogP contribution in [0.2, 0.25) is 0 Å². The Kier molecular flexibility index (Phi) is 5.08. The number of hydrogen-bond acceptors (Lipinski definition) is 3. The predicted molar refractivity (Wildman–Crippen MR) is 88.6 cm³/mol. The lowest BCUT2D eigenvalue weighted by atomic mass is 9.95. The van der Waals surface area contributed by atoms with Gasteiger partial charge in [0.25, 0.3) is 0 Å². The van der Waals surface area contributed by atoms with Crippen LogP contribution in [0.15, 0.2) is 42.7 Å². The van der Waals surface area contributed by atoms with Crippen LogP contribution in [0.4, 0.5) is 8.78 Å². The van der Waals surface area contributed by atoms with Gasteiger partial charge in [0, 0.05) is 18.0 Å². The minimum atomic E-state index is -1.01. The molecule has 1 fully saturated rings. The van der Waals surface area contributed by atoms with Gasteiger partial charge in [-0.1, -0.05) is 12.8 Å². The van der Waals surface area contributed by atoms with Gasteiger partial charge in [0.05, 0.1) is 18.1 Å². The highest BCUT2D eigenvalue weighted by atomic mass is 19.1. The summed E-state index contributed by atoms with van der Waals surface area (Å²) in [5, 5.41) is 13.1. The van der Waals surface area contributed by atoms with Gasteiger partial charge in [-0.3, -0.25) is 9.78 Å². The second-order valence-electron chi connectivity index (χ2n) is 6.56. The quantitative estimate of drug-likeness (QED) is 0.873. The van der Waals surface area contributed by atoms with Gasteiger partial charge in [0.1, 0.15) is 11.6 Å². The summed E-state index contributed by atoms with van der Waals surface area (Å²) in [6.07, 6.45) is 5.92. The second-order valence-corrected chi connectivity index (χ2v) is 6.56. The Hall–Kier alpha value is -2.34. The molecule has 25 heavy (non-hydrogen) atoms. The van der Waals surface area contributed by atoms with E-state index < -0.39 is 29.2 Å². The molecule has 1 aromatic heterocycles. The van der Waals surface area contributed by atoms with Crippen LogP contribution >= 0.6 is 0 Å². The lowest BCUT2D eigenvalue weighted by Gasteiger charge is -2.25. The van der Waals surface area contributed by atoms with Crippen molar-refractivity contribution in [1.29, 1.82) is 0 Å². The van der Waals surface area contributed by atoms with Gasteiger partial charge in [-0.15, -0.1) is 0 Å². The molecule has 1 heterocycles. The normalized spacial score (nSPS) is 17.2. The standard InChI is InChI=1S/C19H20F2N2O2/c20-14-3-4-16(21)15(11-14)18(13-5-9-22-10-6-13)23-17(24)12-19(25)7-1-2-8-19/h3-6,9-11,18,25H,1-2,7-8,12H2,(H,23,24)/t18-/m1/s1. The molecule has 1 saturated carbocycles. The molecule has 132 valence electrons. The zero-order valence-electron chi connectivity index (χ0n) is 13.7. The Morgan fingerprint density at radius 2 is 1.88 bits per heavy atom. The van der Waals surface area contributed by atoms with Crippen LogP contribution in [0.3, 0.4) is 0 Å². The molecule has 1 aromatic carbocycles. The van der Waals surface area contributed by atoms with Gasteiger partial charge >= 0.3 is 0 Å². The fourth-order valence-electron chi connectivity index (χ4n) is 3.35. The van der Waals surface area contributed by atoms with E-state index in [1.54, 1.807) is 12.1 Å². The molecular formula is C19H20F2N2O2. The SMILES string of the molecule is O=C(CC1(O)CCCC1)N[C@H](c1ccncc1)c1cc(F)ccc1F. The van der Waals surface area contributed by atoms with Crippen LogP contribution in [-0.2, 0) is 4.79 Å². The molecule has 6 heteroatoms. The Balaban J connectivity index is 1.87. The lowest BCUT2D eigenvalue weighted by molar-refractivity contribution is -0.126. The maximum atomic E-state index is 14.3. The van der Waals surface area contributed by atoms with Crippen molar-refractivity contribution in [2.75, 3.05) is 0 Å². The first-order chi connectivity index (χ1) is 12.0. The van der Waals surface area contributed by atoms with Crippen molar-refractivity contribution in [3.63, 3.8) is 0 Å². The van der Waals surface area contributed by atoms with Gasteiger partial charge in [0.15, 0.2) is 0 Å². The van der Waals surface area contributed by atoms with Crippen LogP contribution in [-0.4, -0.2) is 21.6 Å². The average Bonchev–Trinajstić information content (AvgIpc) is 3.02. The Morgan fingerprint density at radius 3 is 2.56 bits per heavy atom. The minimum absolute atomic E-state index is 0.0398. The summed E-state index contributed by atoms with van der Waals surface area (Å²) >= 11 is 0. The molecule has 0 unspecified atom stereocenters. The van der Waals surface area contributed by atoms with E-state index in [1.165, 1.54) is 12.4 Å². The van der Waals surface area contributed by atoms with Crippen molar-refractivity contribution in [3.05, 3.63) is 65.5 Å². The Bertz CT molecular complexity index is 746.